The molecular weight excluding hydrogens is 289 g/mol. The average Bonchev–Trinajstić information content (AvgIpc) is 2.53. The third-order valence-corrected chi connectivity index (χ3v) is 4.07. The van der Waals surface area contributed by atoms with Gasteiger partial charge in [0.2, 0.25) is 0 Å². The summed E-state index contributed by atoms with van der Waals surface area (Å²) in [4.78, 5) is 0. The van der Waals surface area contributed by atoms with Gasteiger partial charge in [0.05, 0.1) is 0 Å². The maximum Gasteiger partial charge on any atom is 0.402 e. The van der Waals surface area contributed by atoms with Gasteiger partial charge in [-0.15, -0.1) is 0 Å². The Hall–Kier alpha value is -2.17. The van der Waals surface area contributed by atoms with Crippen LogP contribution in [0.4, 0.5) is 24.5 Å². The van der Waals surface area contributed by atoms with Crippen molar-refractivity contribution in [1.82, 2.24) is 0 Å². The number of alkyl halides is 3. The summed E-state index contributed by atoms with van der Waals surface area (Å²) in [5.41, 5.74) is -0.0593. The highest BCUT2D eigenvalue weighted by Gasteiger charge is 2.53. The summed E-state index contributed by atoms with van der Waals surface area (Å²) >= 11 is 0. The van der Waals surface area contributed by atoms with E-state index in [4.69, 9.17) is 0 Å². The molecule has 0 unspecified atom stereocenters. The van der Waals surface area contributed by atoms with Gasteiger partial charge >= 0.3 is 6.18 Å². The summed E-state index contributed by atoms with van der Waals surface area (Å²) in [7, 11) is 3.46. The molecule has 0 saturated heterocycles. The molecule has 0 fully saturated rings. The molecule has 0 amide bonds. The third-order valence-electron chi connectivity index (χ3n) is 4.07. The molecule has 0 bridgehead atoms. The highest BCUT2D eigenvalue weighted by atomic mass is 19.4. The Balaban J connectivity index is 2.55. The molecule has 0 saturated carbocycles. The minimum Gasteiger partial charge on any atom is -0.388 e. The zero-order valence-corrected chi connectivity index (χ0v) is 12.8. The molecule has 0 aliphatic carbocycles. The van der Waals surface area contributed by atoms with Crippen LogP contribution in [0.25, 0.3) is 0 Å². The lowest BCUT2D eigenvalue weighted by Gasteiger charge is -2.33. The highest BCUT2D eigenvalue weighted by molar-refractivity contribution is 5.51. The van der Waals surface area contributed by atoms with Crippen LogP contribution in [0, 0.1) is 0 Å². The molecule has 2 N–H and O–H groups in total. The van der Waals surface area contributed by atoms with Crippen molar-refractivity contribution in [2.24, 2.45) is 0 Å². The van der Waals surface area contributed by atoms with Crippen molar-refractivity contribution in [2.45, 2.75) is 18.5 Å². The first kappa shape index (κ1) is 16.2. The summed E-state index contributed by atoms with van der Waals surface area (Å²) in [6, 6.07) is 12.7. The van der Waals surface area contributed by atoms with Crippen molar-refractivity contribution in [2.75, 3.05) is 24.7 Å². The van der Waals surface area contributed by atoms with Crippen molar-refractivity contribution in [3.05, 3.63) is 59.7 Å². The molecule has 0 spiro atoms. The van der Waals surface area contributed by atoms with Gasteiger partial charge in [-0.1, -0.05) is 24.3 Å². The van der Waals surface area contributed by atoms with Gasteiger partial charge in [-0.05, 0) is 42.3 Å². The quantitative estimate of drug-likeness (QED) is 0.860. The molecule has 0 atom stereocenters. The molecule has 118 valence electrons. The van der Waals surface area contributed by atoms with Crippen LogP contribution in [0.1, 0.15) is 18.1 Å². The molecular formula is C17H19F3N2. The summed E-state index contributed by atoms with van der Waals surface area (Å²) in [5, 5.41) is 5.82. The van der Waals surface area contributed by atoms with E-state index < -0.39 is 11.6 Å². The van der Waals surface area contributed by atoms with Crippen LogP contribution in [-0.4, -0.2) is 20.3 Å². The topological polar surface area (TPSA) is 24.1 Å². The van der Waals surface area contributed by atoms with Gasteiger partial charge < -0.3 is 10.6 Å². The first-order chi connectivity index (χ1) is 10.3. The van der Waals surface area contributed by atoms with Crippen LogP contribution in [0.3, 0.4) is 0 Å². The number of hydrogen-bond acceptors (Lipinski definition) is 2. The van der Waals surface area contributed by atoms with Crippen molar-refractivity contribution in [3.8, 4) is 0 Å². The van der Waals surface area contributed by atoms with E-state index in [1.807, 2.05) is 0 Å². The van der Waals surface area contributed by atoms with E-state index in [1.54, 1.807) is 38.4 Å². The van der Waals surface area contributed by atoms with E-state index in [2.05, 4.69) is 10.6 Å². The number of hydrogen-bond donors (Lipinski definition) is 2. The Labute approximate surface area is 128 Å². The SMILES string of the molecule is CNc1ccc(C(C)(c2ccc(NC)cc2)C(F)(F)F)cc1. The second-order valence-electron chi connectivity index (χ2n) is 5.28. The van der Waals surface area contributed by atoms with Crippen molar-refractivity contribution in [3.63, 3.8) is 0 Å². The lowest BCUT2D eigenvalue weighted by Crippen LogP contribution is -2.40. The Kier molecular flexibility index (Phi) is 4.35. The third kappa shape index (κ3) is 2.75. The van der Waals surface area contributed by atoms with E-state index in [-0.39, 0.29) is 11.1 Å². The van der Waals surface area contributed by atoms with Crippen molar-refractivity contribution < 1.29 is 13.2 Å². The molecule has 2 aromatic carbocycles. The molecule has 2 rings (SSSR count). The minimum atomic E-state index is -4.39. The first-order valence-electron chi connectivity index (χ1n) is 6.96. The number of rotatable bonds is 4. The molecule has 22 heavy (non-hydrogen) atoms. The largest absolute Gasteiger partial charge is 0.402 e. The lowest BCUT2D eigenvalue weighted by molar-refractivity contribution is -0.173. The maximum absolute atomic E-state index is 13.8. The molecule has 0 radical (unpaired) electrons. The fraction of sp³-hybridized carbons (Fsp3) is 0.294. The fourth-order valence-corrected chi connectivity index (χ4v) is 2.43. The molecule has 2 nitrogen and oxygen atoms in total. The van der Waals surface area contributed by atoms with E-state index in [1.165, 1.54) is 31.2 Å². The minimum absolute atomic E-state index is 0.219. The lowest BCUT2D eigenvalue weighted by atomic mass is 9.75. The van der Waals surface area contributed by atoms with Gasteiger partial charge in [0, 0.05) is 25.5 Å². The molecule has 0 aliphatic rings. The van der Waals surface area contributed by atoms with Gasteiger partial charge in [0.25, 0.3) is 0 Å². The Bertz CT molecular complexity index is 568. The van der Waals surface area contributed by atoms with Crippen LogP contribution in [0.5, 0.6) is 0 Å². The van der Waals surface area contributed by atoms with Crippen LogP contribution in [0.2, 0.25) is 0 Å². The second-order valence-corrected chi connectivity index (χ2v) is 5.28. The predicted molar refractivity (Wildman–Crippen MR) is 84.5 cm³/mol. The molecule has 5 heteroatoms. The van der Waals surface area contributed by atoms with E-state index in [0.717, 1.165) is 11.4 Å². The molecule has 0 aromatic heterocycles. The molecule has 0 aliphatic heterocycles. The summed E-state index contributed by atoms with van der Waals surface area (Å²) in [6.07, 6.45) is -4.39. The summed E-state index contributed by atoms with van der Waals surface area (Å²) < 4.78 is 41.4. The van der Waals surface area contributed by atoms with Gasteiger partial charge in [0.15, 0.2) is 0 Å². The normalized spacial score (nSPS) is 12.1. The van der Waals surface area contributed by atoms with Crippen LogP contribution in [0.15, 0.2) is 48.5 Å². The summed E-state index contributed by atoms with van der Waals surface area (Å²) in [5.74, 6) is 0. The van der Waals surface area contributed by atoms with Gasteiger partial charge in [-0.2, -0.15) is 13.2 Å². The maximum atomic E-state index is 13.8. The number of benzene rings is 2. The predicted octanol–water partition coefficient (Wildman–Crippen LogP) is 4.64. The highest BCUT2D eigenvalue weighted by Crippen LogP contribution is 2.46. The monoisotopic (exact) mass is 308 g/mol. The zero-order chi connectivity index (χ0) is 16.4. The number of anilines is 2. The Morgan fingerprint density at radius 3 is 1.23 bits per heavy atom. The Morgan fingerprint density at radius 1 is 0.682 bits per heavy atom. The Morgan fingerprint density at radius 2 is 1.00 bits per heavy atom. The average molecular weight is 308 g/mol. The number of halogens is 3. The zero-order valence-electron chi connectivity index (χ0n) is 12.8. The van der Waals surface area contributed by atoms with Crippen LogP contribution < -0.4 is 10.6 Å². The molecule has 2 aromatic rings. The summed E-state index contributed by atoms with van der Waals surface area (Å²) in [6.45, 7) is 1.22. The van der Waals surface area contributed by atoms with Crippen LogP contribution in [-0.2, 0) is 5.41 Å². The molecule has 0 heterocycles. The first-order valence-corrected chi connectivity index (χ1v) is 6.96. The number of nitrogens with one attached hydrogen (secondary N) is 2. The standard InChI is InChI=1S/C17H19F3N2/c1-16(17(18,19)20,12-4-8-14(21-2)9-5-12)13-6-10-15(22-3)11-7-13/h4-11,21-22H,1-3H3. The van der Waals surface area contributed by atoms with E-state index in [0.29, 0.717) is 0 Å². The second kappa shape index (κ2) is 5.91. The van der Waals surface area contributed by atoms with Crippen molar-refractivity contribution >= 4 is 11.4 Å². The van der Waals surface area contributed by atoms with Gasteiger partial charge in [-0.25, -0.2) is 0 Å². The van der Waals surface area contributed by atoms with E-state index >= 15 is 0 Å². The van der Waals surface area contributed by atoms with Crippen molar-refractivity contribution in [1.29, 1.82) is 0 Å². The van der Waals surface area contributed by atoms with Gasteiger partial charge in [0.1, 0.15) is 5.41 Å². The van der Waals surface area contributed by atoms with E-state index in [9.17, 15) is 13.2 Å². The fourth-order valence-electron chi connectivity index (χ4n) is 2.43. The smallest absolute Gasteiger partial charge is 0.388 e. The van der Waals surface area contributed by atoms with Gasteiger partial charge in [-0.3, -0.25) is 0 Å². The van der Waals surface area contributed by atoms with Crippen LogP contribution >= 0.6 is 0 Å².